The first-order valence-corrected chi connectivity index (χ1v) is 8.89. The molecule has 1 unspecified atom stereocenters. The molecule has 24 heavy (non-hydrogen) atoms. The van der Waals surface area contributed by atoms with Crippen LogP contribution in [0, 0.1) is 5.92 Å². The predicted molar refractivity (Wildman–Crippen MR) is 98.4 cm³/mol. The van der Waals surface area contributed by atoms with Gasteiger partial charge >= 0.3 is 0 Å². The molecule has 0 fully saturated rings. The summed E-state index contributed by atoms with van der Waals surface area (Å²) in [5.41, 5.74) is 3.82. The summed E-state index contributed by atoms with van der Waals surface area (Å²) in [5, 5.41) is 30.8. The van der Waals surface area contributed by atoms with Crippen LogP contribution in [0.15, 0.2) is 35.9 Å². The van der Waals surface area contributed by atoms with Crippen molar-refractivity contribution in [3.05, 3.63) is 47.1 Å². The molecule has 0 amide bonds. The summed E-state index contributed by atoms with van der Waals surface area (Å²) < 4.78 is 0. The zero-order chi connectivity index (χ0) is 17.9. The fraction of sp³-hybridized carbons (Fsp3) is 0.524. The number of hydrogen-bond donors (Lipinski definition) is 3. The second kappa shape index (κ2) is 7.89. The number of phenolic OH excluding ortho intramolecular Hbond substituents is 2. The molecule has 2 rings (SSSR count). The van der Waals surface area contributed by atoms with E-state index in [0.29, 0.717) is 24.8 Å². The highest BCUT2D eigenvalue weighted by atomic mass is 16.3. The monoisotopic (exact) mass is 330 g/mol. The first-order valence-electron chi connectivity index (χ1n) is 8.89. The van der Waals surface area contributed by atoms with E-state index >= 15 is 0 Å². The van der Waals surface area contributed by atoms with Gasteiger partial charge in [-0.3, -0.25) is 0 Å². The predicted octanol–water partition coefficient (Wildman–Crippen LogP) is 4.82. The molecule has 0 aromatic heterocycles. The number of allylic oxidation sites excluding steroid dienone is 3. The lowest BCUT2D eigenvalue weighted by Gasteiger charge is -2.31. The normalized spacial score (nSPS) is 22.1. The molecule has 0 saturated carbocycles. The standard InChI is InChI=1S/C21H30O3/c1-5-16(22)8-7-15-11-19(23)21(20(24)12-15)18-10-14(4)6-9-17(18)13(2)3/h10-12,16-18,22-24H,2,5-9H2,1,3-4H3/t16?,17-,18+/m0/s1. The molecule has 0 saturated heterocycles. The van der Waals surface area contributed by atoms with E-state index in [9.17, 15) is 15.3 Å². The number of aryl methyl sites for hydroxylation is 1. The average molecular weight is 330 g/mol. The van der Waals surface area contributed by atoms with E-state index in [1.165, 1.54) is 5.57 Å². The number of aliphatic hydroxyl groups is 1. The van der Waals surface area contributed by atoms with Crippen molar-refractivity contribution in [1.29, 1.82) is 0 Å². The quantitative estimate of drug-likeness (QED) is 0.656. The Kier molecular flexibility index (Phi) is 6.11. The van der Waals surface area contributed by atoms with E-state index in [0.717, 1.165) is 24.0 Å². The Morgan fingerprint density at radius 3 is 2.46 bits per heavy atom. The maximum atomic E-state index is 10.6. The molecule has 0 spiro atoms. The van der Waals surface area contributed by atoms with Crippen LogP contribution >= 0.6 is 0 Å². The molecular formula is C21H30O3. The number of aromatic hydroxyl groups is 2. The molecule has 1 aliphatic rings. The van der Waals surface area contributed by atoms with Gasteiger partial charge < -0.3 is 15.3 Å². The van der Waals surface area contributed by atoms with Gasteiger partial charge in [0.25, 0.3) is 0 Å². The molecule has 1 aromatic rings. The Morgan fingerprint density at radius 1 is 1.29 bits per heavy atom. The molecule has 1 aromatic carbocycles. The molecule has 3 atom stereocenters. The second-order valence-corrected chi connectivity index (χ2v) is 7.18. The minimum atomic E-state index is -0.342. The lowest BCUT2D eigenvalue weighted by molar-refractivity contribution is 0.160. The minimum absolute atomic E-state index is 0.0356. The topological polar surface area (TPSA) is 60.7 Å². The minimum Gasteiger partial charge on any atom is -0.507 e. The maximum absolute atomic E-state index is 10.6. The zero-order valence-corrected chi connectivity index (χ0v) is 15.0. The van der Waals surface area contributed by atoms with E-state index in [2.05, 4.69) is 19.6 Å². The van der Waals surface area contributed by atoms with Crippen molar-refractivity contribution in [2.24, 2.45) is 5.92 Å². The van der Waals surface area contributed by atoms with Crippen molar-refractivity contribution in [2.45, 2.75) is 64.9 Å². The van der Waals surface area contributed by atoms with Crippen LogP contribution in [-0.4, -0.2) is 21.4 Å². The summed E-state index contributed by atoms with van der Waals surface area (Å²) in [7, 11) is 0. The number of rotatable bonds is 6. The third-order valence-corrected chi connectivity index (χ3v) is 5.15. The molecule has 3 nitrogen and oxygen atoms in total. The first kappa shape index (κ1) is 18.6. The smallest absolute Gasteiger partial charge is 0.123 e. The van der Waals surface area contributed by atoms with Crippen LogP contribution in [-0.2, 0) is 6.42 Å². The third-order valence-electron chi connectivity index (χ3n) is 5.15. The van der Waals surface area contributed by atoms with Gasteiger partial charge in [0.05, 0.1) is 6.10 Å². The molecule has 3 heteroatoms. The van der Waals surface area contributed by atoms with Crippen molar-refractivity contribution < 1.29 is 15.3 Å². The van der Waals surface area contributed by atoms with E-state index < -0.39 is 0 Å². The summed E-state index contributed by atoms with van der Waals surface area (Å²) >= 11 is 0. The van der Waals surface area contributed by atoms with Crippen LogP contribution in [0.5, 0.6) is 11.5 Å². The molecule has 132 valence electrons. The van der Waals surface area contributed by atoms with Gasteiger partial charge in [-0.2, -0.15) is 0 Å². The first-order chi connectivity index (χ1) is 11.3. The van der Waals surface area contributed by atoms with Gasteiger partial charge in [-0.05, 0) is 69.6 Å². The summed E-state index contributed by atoms with van der Waals surface area (Å²) in [6.07, 6.45) is 5.81. The second-order valence-electron chi connectivity index (χ2n) is 7.18. The molecule has 0 bridgehead atoms. The van der Waals surface area contributed by atoms with E-state index in [4.69, 9.17) is 0 Å². The fourth-order valence-electron chi connectivity index (χ4n) is 3.61. The Labute approximate surface area is 145 Å². The summed E-state index contributed by atoms with van der Waals surface area (Å²) in [5.74, 6) is 0.473. The zero-order valence-electron chi connectivity index (χ0n) is 15.0. The van der Waals surface area contributed by atoms with Crippen LogP contribution in [0.4, 0.5) is 0 Å². The molecule has 1 aliphatic carbocycles. The SMILES string of the molecule is C=C(C)[C@@H]1CCC(C)=C[C@H]1c1c(O)cc(CCC(O)CC)cc1O. The summed E-state index contributed by atoms with van der Waals surface area (Å²) in [4.78, 5) is 0. The Morgan fingerprint density at radius 2 is 1.92 bits per heavy atom. The molecular weight excluding hydrogens is 300 g/mol. The highest BCUT2D eigenvalue weighted by Gasteiger charge is 2.30. The summed E-state index contributed by atoms with van der Waals surface area (Å²) in [6, 6.07) is 3.45. The molecule has 0 radical (unpaired) electrons. The van der Waals surface area contributed by atoms with Crippen LogP contribution in [0.3, 0.4) is 0 Å². The largest absolute Gasteiger partial charge is 0.507 e. The van der Waals surface area contributed by atoms with Crippen molar-refractivity contribution >= 4 is 0 Å². The van der Waals surface area contributed by atoms with Gasteiger partial charge in [-0.1, -0.05) is 30.7 Å². The van der Waals surface area contributed by atoms with Gasteiger partial charge in [0, 0.05) is 11.5 Å². The fourth-order valence-corrected chi connectivity index (χ4v) is 3.61. The third kappa shape index (κ3) is 4.21. The molecule has 3 N–H and O–H groups in total. The Balaban J connectivity index is 2.32. The molecule has 0 heterocycles. The van der Waals surface area contributed by atoms with Gasteiger partial charge in [0.15, 0.2) is 0 Å². The van der Waals surface area contributed by atoms with Crippen molar-refractivity contribution in [2.75, 3.05) is 0 Å². The Bertz CT molecular complexity index is 607. The lowest BCUT2D eigenvalue weighted by atomic mass is 9.73. The maximum Gasteiger partial charge on any atom is 0.123 e. The van der Waals surface area contributed by atoms with Gasteiger partial charge in [-0.15, -0.1) is 0 Å². The van der Waals surface area contributed by atoms with E-state index in [1.807, 2.05) is 13.8 Å². The lowest BCUT2D eigenvalue weighted by Crippen LogP contribution is -2.17. The van der Waals surface area contributed by atoms with Crippen LogP contribution in [0.2, 0.25) is 0 Å². The van der Waals surface area contributed by atoms with Crippen LogP contribution in [0.25, 0.3) is 0 Å². The average Bonchev–Trinajstić information content (AvgIpc) is 2.51. The highest BCUT2D eigenvalue weighted by molar-refractivity contribution is 5.51. The van der Waals surface area contributed by atoms with Gasteiger partial charge in [0.2, 0.25) is 0 Å². The van der Waals surface area contributed by atoms with Gasteiger partial charge in [-0.25, -0.2) is 0 Å². The van der Waals surface area contributed by atoms with Crippen LogP contribution in [0.1, 0.15) is 63.5 Å². The van der Waals surface area contributed by atoms with Crippen molar-refractivity contribution in [3.63, 3.8) is 0 Å². The van der Waals surface area contributed by atoms with Crippen molar-refractivity contribution in [1.82, 2.24) is 0 Å². The Hall–Kier alpha value is -1.74. The summed E-state index contributed by atoms with van der Waals surface area (Å²) in [6.45, 7) is 10.1. The van der Waals surface area contributed by atoms with Crippen LogP contribution < -0.4 is 0 Å². The number of hydrogen-bond acceptors (Lipinski definition) is 3. The highest BCUT2D eigenvalue weighted by Crippen LogP contribution is 2.46. The van der Waals surface area contributed by atoms with Crippen molar-refractivity contribution in [3.8, 4) is 11.5 Å². The van der Waals surface area contributed by atoms with Gasteiger partial charge in [0.1, 0.15) is 11.5 Å². The number of benzene rings is 1. The molecule has 0 aliphatic heterocycles. The number of phenols is 2. The van der Waals surface area contributed by atoms with E-state index in [-0.39, 0.29) is 29.4 Å². The van der Waals surface area contributed by atoms with E-state index in [1.54, 1.807) is 12.1 Å². The number of aliphatic hydroxyl groups excluding tert-OH is 1.